The molecule has 148 valence electrons. The number of carbonyl (C=O) groups excluding carboxylic acids is 2. The standard InChI is InChI=1S/C21H22FNO5/c1-11-9-15(24)20-17(8-6-14(22)19(11)20)28-12(2)21(25)23-13-5-7-16(26-3)18(10-13)27-4/h5-8,10-12H,9H2,1-4H3,(H,23,25)/t11-,12-/m0/s1. The molecular weight excluding hydrogens is 365 g/mol. The topological polar surface area (TPSA) is 73.9 Å². The minimum absolute atomic E-state index is 0.176. The highest BCUT2D eigenvalue weighted by Gasteiger charge is 2.33. The molecule has 0 bridgehead atoms. The van der Waals surface area contributed by atoms with E-state index in [9.17, 15) is 14.0 Å². The molecule has 0 radical (unpaired) electrons. The van der Waals surface area contributed by atoms with Crippen molar-refractivity contribution < 1.29 is 28.2 Å². The Morgan fingerprint density at radius 2 is 1.82 bits per heavy atom. The van der Waals surface area contributed by atoms with Gasteiger partial charge in [0, 0.05) is 23.7 Å². The summed E-state index contributed by atoms with van der Waals surface area (Å²) in [4.78, 5) is 24.8. The van der Waals surface area contributed by atoms with Crippen LogP contribution in [0.25, 0.3) is 0 Å². The Bertz CT molecular complexity index is 927. The number of carbonyl (C=O) groups is 2. The second-order valence-electron chi connectivity index (χ2n) is 6.68. The van der Waals surface area contributed by atoms with Gasteiger partial charge in [-0.15, -0.1) is 0 Å². The molecule has 0 aromatic heterocycles. The van der Waals surface area contributed by atoms with Crippen LogP contribution in [0.3, 0.4) is 0 Å². The average Bonchev–Trinajstić information content (AvgIpc) is 2.98. The van der Waals surface area contributed by atoms with Crippen LogP contribution in [-0.2, 0) is 4.79 Å². The van der Waals surface area contributed by atoms with Gasteiger partial charge in [0.05, 0.1) is 19.8 Å². The van der Waals surface area contributed by atoms with E-state index in [-0.39, 0.29) is 29.4 Å². The van der Waals surface area contributed by atoms with Crippen LogP contribution in [0.15, 0.2) is 30.3 Å². The van der Waals surface area contributed by atoms with E-state index in [4.69, 9.17) is 14.2 Å². The maximum Gasteiger partial charge on any atom is 0.265 e. The zero-order chi connectivity index (χ0) is 20.4. The molecule has 28 heavy (non-hydrogen) atoms. The maximum absolute atomic E-state index is 14.1. The maximum atomic E-state index is 14.1. The van der Waals surface area contributed by atoms with E-state index in [1.165, 1.54) is 26.4 Å². The van der Waals surface area contributed by atoms with Crippen molar-refractivity contribution in [2.75, 3.05) is 19.5 Å². The molecule has 2 atom stereocenters. The Hall–Kier alpha value is -3.09. The number of hydrogen-bond donors (Lipinski definition) is 1. The average molecular weight is 387 g/mol. The molecule has 1 aliphatic rings. The van der Waals surface area contributed by atoms with Crippen molar-refractivity contribution in [2.45, 2.75) is 32.3 Å². The van der Waals surface area contributed by atoms with E-state index >= 15 is 0 Å². The molecule has 2 aromatic rings. The van der Waals surface area contributed by atoms with Crippen LogP contribution >= 0.6 is 0 Å². The van der Waals surface area contributed by atoms with Crippen LogP contribution in [0, 0.1) is 5.82 Å². The predicted octanol–water partition coefficient (Wildman–Crippen LogP) is 3.94. The first-order valence-electron chi connectivity index (χ1n) is 8.90. The molecule has 3 rings (SSSR count). The predicted molar refractivity (Wildman–Crippen MR) is 102 cm³/mol. The fourth-order valence-corrected chi connectivity index (χ4v) is 3.33. The van der Waals surface area contributed by atoms with E-state index in [0.29, 0.717) is 22.7 Å². The summed E-state index contributed by atoms with van der Waals surface area (Å²) in [7, 11) is 3.03. The number of halogens is 1. The molecular formula is C21H22FNO5. The fourth-order valence-electron chi connectivity index (χ4n) is 3.33. The molecule has 0 saturated heterocycles. The Kier molecular flexibility index (Phi) is 5.53. The number of amides is 1. The highest BCUT2D eigenvalue weighted by molar-refractivity contribution is 6.04. The normalized spacial score (nSPS) is 16.3. The molecule has 0 spiro atoms. The molecule has 0 saturated carbocycles. The Morgan fingerprint density at radius 3 is 2.50 bits per heavy atom. The summed E-state index contributed by atoms with van der Waals surface area (Å²) in [5.74, 6) is 0.0168. The second-order valence-corrected chi connectivity index (χ2v) is 6.68. The van der Waals surface area contributed by atoms with Crippen LogP contribution in [-0.4, -0.2) is 32.0 Å². The molecule has 7 heteroatoms. The molecule has 0 unspecified atom stereocenters. The first kappa shape index (κ1) is 19.7. The van der Waals surface area contributed by atoms with Crippen molar-refractivity contribution in [2.24, 2.45) is 0 Å². The van der Waals surface area contributed by atoms with Crippen LogP contribution in [0.2, 0.25) is 0 Å². The molecule has 6 nitrogen and oxygen atoms in total. The number of ether oxygens (including phenoxy) is 3. The number of fused-ring (bicyclic) bond motifs is 1. The molecule has 0 aliphatic heterocycles. The Labute approximate surface area is 162 Å². The van der Waals surface area contributed by atoms with Crippen molar-refractivity contribution in [3.05, 3.63) is 47.3 Å². The summed E-state index contributed by atoms with van der Waals surface area (Å²) in [6.45, 7) is 3.36. The van der Waals surface area contributed by atoms with Gasteiger partial charge < -0.3 is 19.5 Å². The number of rotatable bonds is 6. The van der Waals surface area contributed by atoms with Gasteiger partial charge in [-0.05, 0) is 37.1 Å². The minimum atomic E-state index is -0.897. The molecule has 1 amide bonds. The van der Waals surface area contributed by atoms with Crippen LogP contribution in [0.1, 0.15) is 42.1 Å². The minimum Gasteiger partial charge on any atom is -0.493 e. The third-order valence-electron chi connectivity index (χ3n) is 4.74. The van der Waals surface area contributed by atoms with Crippen LogP contribution < -0.4 is 19.5 Å². The molecule has 2 aromatic carbocycles. The lowest BCUT2D eigenvalue weighted by atomic mass is 10.0. The number of hydrogen-bond acceptors (Lipinski definition) is 5. The van der Waals surface area contributed by atoms with Gasteiger partial charge in [0.25, 0.3) is 5.91 Å². The summed E-state index contributed by atoms with van der Waals surface area (Å²) in [5, 5.41) is 2.73. The Balaban J connectivity index is 1.77. The summed E-state index contributed by atoms with van der Waals surface area (Å²) in [6.07, 6.45) is -0.662. The lowest BCUT2D eigenvalue weighted by molar-refractivity contribution is -0.122. The molecule has 1 aliphatic carbocycles. The lowest BCUT2D eigenvalue weighted by Crippen LogP contribution is -2.30. The van der Waals surface area contributed by atoms with Gasteiger partial charge >= 0.3 is 0 Å². The highest BCUT2D eigenvalue weighted by atomic mass is 19.1. The number of benzene rings is 2. The number of nitrogens with one attached hydrogen (secondary N) is 1. The largest absolute Gasteiger partial charge is 0.493 e. The monoisotopic (exact) mass is 387 g/mol. The van der Waals surface area contributed by atoms with Crippen molar-refractivity contribution in [1.82, 2.24) is 0 Å². The van der Waals surface area contributed by atoms with Gasteiger partial charge in [-0.25, -0.2) is 4.39 Å². The zero-order valence-corrected chi connectivity index (χ0v) is 16.2. The molecule has 0 heterocycles. The van der Waals surface area contributed by atoms with Gasteiger partial charge in [-0.1, -0.05) is 6.92 Å². The summed E-state index contributed by atoms with van der Waals surface area (Å²) in [5.41, 5.74) is 1.10. The number of ketones is 1. The molecule has 0 fully saturated rings. The van der Waals surface area contributed by atoms with Crippen LogP contribution in [0.5, 0.6) is 17.2 Å². The third kappa shape index (κ3) is 3.65. The van der Waals surface area contributed by atoms with E-state index in [1.807, 2.05) is 0 Å². The fraction of sp³-hybridized carbons (Fsp3) is 0.333. The SMILES string of the molecule is COc1ccc(NC(=O)[C@H](C)Oc2ccc(F)c3c2C(=O)C[C@@H]3C)cc1OC. The first-order chi connectivity index (χ1) is 13.3. The number of Topliss-reactive ketones (excluding diaryl/α,β-unsaturated/α-hetero) is 1. The summed E-state index contributed by atoms with van der Waals surface area (Å²) >= 11 is 0. The van der Waals surface area contributed by atoms with Gasteiger partial charge in [0.2, 0.25) is 0 Å². The van der Waals surface area contributed by atoms with E-state index in [0.717, 1.165) is 0 Å². The van der Waals surface area contributed by atoms with Gasteiger partial charge in [-0.3, -0.25) is 9.59 Å². The van der Waals surface area contributed by atoms with E-state index < -0.39 is 17.8 Å². The quantitative estimate of drug-likeness (QED) is 0.813. The van der Waals surface area contributed by atoms with Gasteiger partial charge in [-0.2, -0.15) is 0 Å². The van der Waals surface area contributed by atoms with E-state index in [1.54, 1.807) is 32.0 Å². The second kappa shape index (κ2) is 7.88. The summed E-state index contributed by atoms with van der Waals surface area (Å²) in [6, 6.07) is 7.64. The number of methoxy groups -OCH3 is 2. The number of anilines is 1. The van der Waals surface area contributed by atoms with Crippen LogP contribution in [0.4, 0.5) is 10.1 Å². The van der Waals surface area contributed by atoms with Gasteiger partial charge in [0.1, 0.15) is 11.6 Å². The van der Waals surface area contributed by atoms with E-state index in [2.05, 4.69) is 5.32 Å². The first-order valence-corrected chi connectivity index (χ1v) is 8.90. The smallest absolute Gasteiger partial charge is 0.265 e. The van der Waals surface area contributed by atoms with Crippen molar-refractivity contribution in [1.29, 1.82) is 0 Å². The third-order valence-corrected chi connectivity index (χ3v) is 4.74. The zero-order valence-electron chi connectivity index (χ0n) is 16.2. The van der Waals surface area contributed by atoms with Crippen molar-refractivity contribution in [3.63, 3.8) is 0 Å². The van der Waals surface area contributed by atoms with Crippen molar-refractivity contribution in [3.8, 4) is 17.2 Å². The summed E-state index contributed by atoms with van der Waals surface area (Å²) < 4.78 is 30.2. The van der Waals surface area contributed by atoms with Gasteiger partial charge in [0.15, 0.2) is 23.4 Å². The highest BCUT2D eigenvalue weighted by Crippen LogP contribution is 2.40. The molecule has 1 N–H and O–H groups in total. The Morgan fingerprint density at radius 1 is 1.14 bits per heavy atom. The lowest BCUT2D eigenvalue weighted by Gasteiger charge is -2.18. The van der Waals surface area contributed by atoms with Crippen molar-refractivity contribution >= 4 is 17.4 Å².